The molecule has 2 aromatic rings. The molecule has 96 valence electrons. The van der Waals surface area contributed by atoms with E-state index in [0.29, 0.717) is 11.4 Å². The van der Waals surface area contributed by atoms with Gasteiger partial charge in [0.05, 0.1) is 11.4 Å². The van der Waals surface area contributed by atoms with E-state index in [1.807, 2.05) is 24.5 Å². The molecule has 0 aliphatic heterocycles. The lowest BCUT2D eigenvalue weighted by Gasteiger charge is -2.10. The third-order valence-corrected chi connectivity index (χ3v) is 2.41. The fourth-order valence-electron chi connectivity index (χ4n) is 1.48. The van der Waals surface area contributed by atoms with Crippen LogP contribution in [0, 0.1) is 22.9 Å². The lowest BCUT2D eigenvalue weighted by atomic mass is 10.3. The van der Waals surface area contributed by atoms with Crippen molar-refractivity contribution in [1.82, 2.24) is 0 Å². The second kappa shape index (κ2) is 6.53. The molecule has 0 unspecified atom stereocenters. The van der Waals surface area contributed by atoms with Crippen molar-refractivity contribution in [3.63, 3.8) is 0 Å². The van der Waals surface area contributed by atoms with Crippen molar-refractivity contribution in [2.24, 2.45) is 10.4 Å². The Hall–Kier alpha value is -3.38. The maximum Gasteiger partial charge on any atom is 0.208 e. The monoisotopic (exact) mass is 262 g/mol. The zero-order chi connectivity index (χ0) is 14.2. The molecule has 0 saturated carbocycles. The molecule has 0 aliphatic carbocycles. The molecule has 2 rings (SSSR count). The predicted molar refractivity (Wildman–Crippen MR) is 73.9 cm³/mol. The van der Waals surface area contributed by atoms with Crippen LogP contribution in [0.25, 0.3) is 0 Å². The number of nitrogens with zero attached hydrogens (tertiary/aromatic N) is 6. The molecule has 0 spiro atoms. The van der Waals surface area contributed by atoms with Crippen LogP contribution < -0.4 is 10.0 Å². The molecular formula is C14H10N6. The number of benzene rings is 2. The first-order valence-electron chi connectivity index (χ1n) is 5.76. The highest BCUT2D eigenvalue weighted by molar-refractivity contribution is 5.50. The highest BCUT2D eigenvalue weighted by atomic mass is 15.7. The van der Waals surface area contributed by atoms with E-state index in [9.17, 15) is 0 Å². The van der Waals surface area contributed by atoms with E-state index in [-0.39, 0.29) is 0 Å². The smallest absolute Gasteiger partial charge is 0.170 e. The molecule has 0 radical (unpaired) electrons. The Morgan fingerprint density at radius 2 is 1.00 bits per heavy atom. The lowest BCUT2D eigenvalue weighted by Crippen LogP contribution is -2.12. The topological polar surface area (TPSA) is 78.8 Å². The second-order valence-corrected chi connectivity index (χ2v) is 3.67. The van der Waals surface area contributed by atoms with Gasteiger partial charge in [0.25, 0.3) is 0 Å². The van der Waals surface area contributed by atoms with Crippen molar-refractivity contribution < 1.29 is 0 Å². The van der Waals surface area contributed by atoms with Crippen LogP contribution in [0.2, 0.25) is 0 Å². The van der Waals surface area contributed by atoms with Gasteiger partial charge in [0.2, 0.25) is 12.4 Å². The van der Waals surface area contributed by atoms with Gasteiger partial charge in [0.15, 0.2) is 0 Å². The molecule has 0 amide bonds. The number of hydrogen-bond donors (Lipinski definition) is 0. The molecule has 0 fully saturated rings. The molecule has 2 aromatic carbocycles. The molecule has 0 N–H and O–H groups in total. The maximum atomic E-state index is 9.06. The lowest BCUT2D eigenvalue weighted by molar-refractivity contribution is 0.873. The molecular weight excluding hydrogens is 252 g/mol. The van der Waals surface area contributed by atoms with Gasteiger partial charge in [-0.15, -0.1) is 10.0 Å². The maximum absolute atomic E-state index is 9.06. The van der Waals surface area contributed by atoms with Crippen molar-refractivity contribution in [1.29, 1.82) is 10.5 Å². The normalized spacial score (nSPS) is 9.70. The third-order valence-electron chi connectivity index (χ3n) is 2.41. The molecule has 0 heterocycles. The Kier molecular flexibility index (Phi) is 4.26. The van der Waals surface area contributed by atoms with Gasteiger partial charge in [-0.25, -0.2) is 0 Å². The van der Waals surface area contributed by atoms with Crippen LogP contribution in [-0.2, 0) is 0 Å². The van der Waals surface area contributed by atoms with Gasteiger partial charge in [-0.05, 0) is 34.7 Å². The molecule has 0 saturated heterocycles. The Bertz CT molecular complexity index is 594. The summed E-state index contributed by atoms with van der Waals surface area (Å²) in [6.45, 7) is 0. The summed E-state index contributed by atoms with van der Waals surface area (Å²) in [5.74, 6) is 0. The predicted octanol–water partition coefficient (Wildman–Crippen LogP) is 3.24. The summed E-state index contributed by atoms with van der Waals surface area (Å²) in [5, 5.41) is 27.7. The van der Waals surface area contributed by atoms with E-state index < -0.39 is 0 Å². The minimum absolute atomic E-state index is 0.574. The van der Waals surface area contributed by atoms with Gasteiger partial charge in [0.1, 0.15) is 0 Å². The quantitative estimate of drug-likeness (QED) is 0.366. The van der Waals surface area contributed by atoms with E-state index in [1.165, 1.54) is 0 Å². The summed E-state index contributed by atoms with van der Waals surface area (Å²) in [6, 6.07) is 17.7. The van der Waals surface area contributed by atoms with Crippen LogP contribution >= 0.6 is 0 Å². The summed E-state index contributed by atoms with van der Waals surface area (Å²) in [5.41, 5.74) is 1.15. The second-order valence-electron chi connectivity index (χ2n) is 3.67. The van der Waals surface area contributed by atoms with Crippen molar-refractivity contribution in [3.05, 3.63) is 60.7 Å². The van der Waals surface area contributed by atoms with E-state index in [4.69, 9.17) is 10.5 Å². The molecule has 6 nitrogen and oxygen atoms in total. The van der Waals surface area contributed by atoms with E-state index in [2.05, 4.69) is 10.4 Å². The Morgan fingerprint density at radius 1 is 0.650 bits per heavy atom. The zero-order valence-corrected chi connectivity index (χ0v) is 10.5. The van der Waals surface area contributed by atoms with Gasteiger partial charge in [-0.2, -0.15) is 10.5 Å². The summed E-state index contributed by atoms with van der Waals surface area (Å²) in [7, 11) is 0. The first-order valence-corrected chi connectivity index (χ1v) is 5.76. The molecule has 0 aliphatic rings. The van der Waals surface area contributed by atoms with E-state index in [0.717, 1.165) is 10.0 Å². The van der Waals surface area contributed by atoms with Crippen LogP contribution in [0.1, 0.15) is 0 Å². The zero-order valence-electron chi connectivity index (χ0n) is 10.5. The fourth-order valence-corrected chi connectivity index (χ4v) is 1.48. The number of para-hydroxylation sites is 2. The Balaban J connectivity index is 2.19. The van der Waals surface area contributed by atoms with E-state index >= 15 is 0 Å². The van der Waals surface area contributed by atoms with E-state index in [1.54, 1.807) is 48.5 Å². The number of anilines is 2. The minimum Gasteiger partial charge on any atom is -0.170 e. The average Bonchev–Trinajstić information content (AvgIpc) is 2.53. The molecule has 0 bridgehead atoms. The van der Waals surface area contributed by atoms with Gasteiger partial charge in [0, 0.05) is 0 Å². The van der Waals surface area contributed by atoms with Gasteiger partial charge in [-0.1, -0.05) is 36.4 Å². The van der Waals surface area contributed by atoms with Crippen LogP contribution in [0.5, 0.6) is 0 Å². The molecule has 0 atom stereocenters. The van der Waals surface area contributed by atoms with Crippen molar-refractivity contribution in [3.8, 4) is 12.4 Å². The molecule has 20 heavy (non-hydrogen) atoms. The van der Waals surface area contributed by atoms with Crippen molar-refractivity contribution >= 4 is 11.4 Å². The Labute approximate surface area is 116 Å². The number of hydrogen-bond acceptors (Lipinski definition) is 4. The van der Waals surface area contributed by atoms with Crippen LogP contribution in [0.15, 0.2) is 71.1 Å². The minimum atomic E-state index is 0.574. The summed E-state index contributed by atoms with van der Waals surface area (Å²) >= 11 is 0. The molecule has 6 heteroatoms. The number of nitriles is 2. The fraction of sp³-hybridized carbons (Fsp3) is 0. The van der Waals surface area contributed by atoms with Crippen LogP contribution in [-0.4, -0.2) is 0 Å². The van der Waals surface area contributed by atoms with Crippen LogP contribution in [0.4, 0.5) is 11.4 Å². The Morgan fingerprint density at radius 3 is 1.30 bits per heavy atom. The summed E-state index contributed by atoms with van der Waals surface area (Å²) < 4.78 is 0. The largest absolute Gasteiger partial charge is 0.208 e. The van der Waals surface area contributed by atoms with Crippen LogP contribution in [0.3, 0.4) is 0 Å². The molecule has 0 aromatic heterocycles. The van der Waals surface area contributed by atoms with Gasteiger partial charge >= 0.3 is 0 Å². The number of rotatable bonds is 4. The first-order chi connectivity index (χ1) is 9.85. The highest BCUT2D eigenvalue weighted by Crippen LogP contribution is 2.16. The third kappa shape index (κ3) is 3.09. The first kappa shape index (κ1) is 13.1. The van der Waals surface area contributed by atoms with Gasteiger partial charge < -0.3 is 0 Å². The van der Waals surface area contributed by atoms with Gasteiger partial charge in [-0.3, -0.25) is 0 Å². The summed E-state index contributed by atoms with van der Waals surface area (Å²) in [6.07, 6.45) is 3.77. The summed E-state index contributed by atoms with van der Waals surface area (Å²) in [4.78, 5) is 0. The van der Waals surface area contributed by atoms with Crippen molar-refractivity contribution in [2.75, 3.05) is 10.0 Å². The SMILES string of the molecule is N#CN(N=NN(C#N)c1ccccc1)c1ccccc1. The van der Waals surface area contributed by atoms with Crippen molar-refractivity contribution in [2.45, 2.75) is 0 Å². The average molecular weight is 262 g/mol. The standard InChI is InChI=1S/C14H10N6/c15-11-19(13-7-3-1-4-8-13)17-18-20(12-16)14-9-5-2-6-10-14/h1-10H. The highest BCUT2D eigenvalue weighted by Gasteiger charge is 2.06.